The number of aliphatic carboxylic acids is 1. The van der Waals surface area contributed by atoms with Gasteiger partial charge in [0.05, 0.1) is 0 Å². The fourth-order valence-electron chi connectivity index (χ4n) is 2.73. The topological polar surface area (TPSA) is 113 Å². The molecule has 2 aromatic carbocycles. The minimum absolute atomic E-state index is 0.0112. The second kappa shape index (κ2) is 11.2. The number of benzene rings is 2. The molecule has 0 heterocycles. The van der Waals surface area contributed by atoms with Crippen molar-refractivity contribution < 1.29 is 29.3 Å². The number of amides is 1. The number of nitrogens with one attached hydrogen (secondary N) is 1. The number of Topliss-reactive ketones (excluding diaryl/α,β-unsaturated/α-hetero) is 1. The Labute approximate surface area is 182 Å². The van der Waals surface area contributed by atoms with Crippen LogP contribution in [-0.4, -0.2) is 28.1 Å². The number of carboxylic acid groups (broad SMARTS) is 1. The van der Waals surface area contributed by atoms with E-state index >= 15 is 0 Å². The van der Waals surface area contributed by atoms with Crippen molar-refractivity contribution >= 4 is 39.5 Å². The van der Waals surface area contributed by atoms with Crippen LogP contribution in [0.1, 0.15) is 48.2 Å². The number of carbonyl (C=O) groups is 3. The number of carboxylic acids is 1. The molecule has 7 nitrogen and oxygen atoms in total. The first kappa shape index (κ1) is 23.2. The zero-order valence-electron chi connectivity index (χ0n) is 16.3. The van der Waals surface area contributed by atoms with Gasteiger partial charge in [-0.05, 0) is 68.7 Å². The Kier molecular flexibility index (Phi) is 8.61. The average molecular weight is 476 g/mol. The van der Waals surface area contributed by atoms with E-state index < -0.39 is 18.2 Å². The Morgan fingerprint density at radius 2 is 1.87 bits per heavy atom. The number of phenols is 1. The molecule has 0 saturated heterocycles. The van der Waals surface area contributed by atoms with E-state index in [1.807, 2.05) is 0 Å². The van der Waals surface area contributed by atoms with Crippen LogP contribution in [-0.2, 0) is 9.53 Å². The van der Waals surface area contributed by atoms with E-state index in [-0.39, 0.29) is 11.5 Å². The highest BCUT2D eigenvalue weighted by Crippen LogP contribution is 2.33. The fraction of sp³-hybridized carbons (Fsp3) is 0.227. The maximum Gasteiger partial charge on any atom is 0.412 e. The maximum absolute atomic E-state index is 12.4. The molecule has 1 atom stereocenters. The summed E-state index contributed by atoms with van der Waals surface area (Å²) in [4.78, 5) is 34.3. The number of phenolic OH excluding ortho intramolecular Hbond substituents is 1. The van der Waals surface area contributed by atoms with E-state index in [9.17, 15) is 19.5 Å². The van der Waals surface area contributed by atoms with E-state index in [0.717, 1.165) is 10.5 Å². The molecule has 0 aliphatic carbocycles. The Hall–Kier alpha value is -3.13. The second-order valence-corrected chi connectivity index (χ2v) is 7.44. The van der Waals surface area contributed by atoms with Crippen LogP contribution in [0.25, 0.3) is 0 Å². The van der Waals surface area contributed by atoms with E-state index in [1.165, 1.54) is 19.1 Å². The van der Waals surface area contributed by atoms with Gasteiger partial charge in [-0.15, -0.1) is 0 Å². The van der Waals surface area contributed by atoms with E-state index in [1.54, 1.807) is 36.4 Å². The monoisotopic (exact) mass is 475 g/mol. The first-order valence-corrected chi connectivity index (χ1v) is 10.0. The van der Waals surface area contributed by atoms with Crippen LogP contribution in [0.4, 0.5) is 10.5 Å². The van der Waals surface area contributed by atoms with Crippen LogP contribution in [0.3, 0.4) is 0 Å². The van der Waals surface area contributed by atoms with Gasteiger partial charge in [0.25, 0.3) is 0 Å². The lowest BCUT2D eigenvalue weighted by Crippen LogP contribution is -2.18. The average Bonchev–Trinajstić information content (AvgIpc) is 2.69. The van der Waals surface area contributed by atoms with Gasteiger partial charge in [-0.25, -0.2) is 9.59 Å². The number of unbranched alkanes of at least 4 members (excludes halogenated alkanes) is 1. The summed E-state index contributed by atoms with van der Waals surface area (Å²) in [6.07, 6.45) is 2.54. The molecular weight excluding hydrogens is 454 g/mol. The highest BCUT2D eigenvalue weighted by molar-refractivity contribution is 9.10. The lowest BCUT2D eigenvalue weighted by atomic mass is 10.0. The molecule has 2 rings (SSSR count). The van der Waals surface area contributed by atoms with Gasteiger partial charge in [-0.2, -0.15) is 0 Å². The first-order chi connectivity index (χ1) is 14.3. The molecule has 0 spiro atoms. The van der Waals surface area contributed by atoms with E-state index in [4.69, 9.17) is 9.84 Å². The second-order valence-electron chi connectivity index (χ2n) is 6.53. The number of hydrogen-bond acceptors (Lipinski definition) is 5. The molecule has 0 fully saturated rings. The predicted molar refractivity (Wildman–Crippen MR) is 116 cm³/mol. The minimum atomic E-state index is -1.03. The van der Waals surface area contributed by atoms with Gasteiger partial charge in [-0.3, -0.25) is 10.1 Å². The van der Waals surface area contributed by atoms with Crippen molar-refractivity contribution in [3.05, 3.63) is 70.2 Å². The van der Waals surface area contributed by atoms with Gasteiger partial charge in [0.1, 0.15) is 11.9 Å². The van der Waals surface area contributed by atoms with Crippen molar-refractivity contribution in [2.75, 3.05) is 5.32 Å². The number of anilines is 1. The summed E-state index contributed by atoms with van der Waals surface area (Å²) >= 11 is 3.34. The Balaban J connectivity index is 2.09. The molecule has 1 amide bonds. The molecule has 0 aliphatic heterocycles. The Bertz CT molecular complexity index is 939. The summed E-state index contributed by atoms with van der Waals surface area (Å²) in [7, 11) is 0. The van der Waals surface area contributed by atoms with Crippen molar-refractivity contribution in [3.63, 3.8) is 0 Å². The number of ether oxygens (including phenoxy) is 1. The van der Waals surface area contributed by atoms with E-state index in [2.05, 4.69) is 21.2 Å². The summed E-state index contributed by atoms with van der Waals surface area (Å²) in [6.45, 7) is 1.46. The van der Waals surface area contributed by atoms with Crippen LogP contribution >= 0.6 is 15.9 Å². The van der Waals surface area contributed by atoms with Crippen molar-refractivity contribution in [1.82, 2.24) is 0 Å². The smallest absolute Gasteiger partial charge is 0.412 e. The largest absolute Gasteiger partial charge is 0.508 e. The van der Waals surface area contributed by atoms with Crippen LogP contribution in [0, 0.1) is 0 Å². The normalized spacial score (nSPS) is 11.8. The molecule has 0 aromatic heterocycles. The number of allylic oxidation sites excluding steroid dienone is 1. The van der Waals surface area contributed by atoms with Gasteiger partial charge in [0, 0.05) is 27.4 Å². The fourth-order valence-corrected chi connectivity index (χ4v) is 3.11. The summed E-state index contributed by atoms with van der Waals surface area (Å²) in [5.41, 5.74) is 1.43. The van der Waals surface area contributed by atoms with Crippen LogP contribution in [0.2, 0.25) is 0 Å². The molecular formula is C22H22BrNO6. The third-order valence-corrected chi connectivity index (χ3v) is 4.71. The lowest BCUT2D eigenvalue weighted by molar-refractivity contribution is -0.131. The molecule has 8 heteroatoms. The number of ketones is 1. The van der Waals surface area contributed by atoms with Crippen LogP contribution in [0.5, 0.6) is 5.75 Å². The van der Waals surface area contributed by atoms with E-state index in [0.29, 0.717) is 36.1 Å². The number of carbonyl (C=O) groups excluding carboxylic acids is 2. The molecule has 0 saturated carbocycles. The number of halogens is 1. The van der Waals surface area contributed by atoms with Gasteiger partial charge in [0.2, 0.25) is 0 Å². The molecule has 0 radical (unpaired) electrons. The SMILES string of the molecule is CC(=O)c1ccc(NC(=O)O[C@H](CCC/C=C/C(=O)O)c2cc(Br)ccc2O)cc1. The van der Waals surface area contributed by atoms with Crippen LogP contribution in [0.15, 0.2) is 59.1 Å². The summed E-state index contributed by atoms with van der Waals surface area (Å²) < 4.78 is 6.26. The molecule has 2 aromatic rings. The Morgan fingerprint density at radius 1 is 1.17 bits per heavy atom. The number of hydrogen-bond donors (Lipinski definition) is 3. The quantitative estimate of drug-likeness (QED) is 0.252. The number of aromatic hydroxyl groups is 1. The van der Waals surface area contributed by atoms with Crippen molar-refractivity contribution in [2.24, 2.45) is 0 Å². The van der Waals surface area contributed by atoms with Gasteiger partial charge < -0.3 is 14.9 Å². The predicted octanol–water partition coefficient (Wildman–Crippen LogP) is 5.46. The van der Waals surface area contributed by atoms with Crippen LogP contribution < -0.4 is 5.32 Å². The van der Waals surface area contributed by atoms with Gasteiger partial charge in [-0.1, -0.05) is 22.0 Å². The highest BCUT2D eigenvalue weighted by Gasteiger charge is 2.20. The third-order valence-electron chi connectivity index (χ3n) is 4.22. The van der Waals surface area contributed by atoms with Gasteiger partial charge >= 0.3 is 12.1 Å². The first-order valence-electron chi connectivity index (χ1n) is 9.22. The van der Waals surface area contributed by atoms with Crippen molar-refractivity contribution in [1.29, 1.82) is 0 Å². The molecule has 30 heavy (non-hydrogen) atoms. The number of rotatable bonds is 9. The van der Waals surface area contributed by atoms with Gasteiger partial charge in [0.15, 0.2) is 5.78 Å². The third kappa shape index (κ3) is 7.36. The molecule has 0 unspecified atom stereocenters. The van der Waals surface area contributed by atoms with Crippen molar-refractivity contribution in [2.45, 2.75) is 32.3 Å². The van der Waals surface area contributed by atoms with Crippen molar-refractivity contribution in [3.8, 4) is 5.75 Å². The zero-order chi connectivity index (χ0) is 22.1. The summed E-state index contributed by atoms with van der Waals surface area (Å²) in [6, 6.07) is 11.2. The summed E-state index contributed by atoms with van der Waals surface area (Å²) in [5, 5.41) is 21.5. The molecule has 0 bridgehead atoms. The lowest BCUT2D eigenvalue weighted by Gasteiger charge is -2.20. The highest BCUT2D eigenvalue weighted by atomic mass is 79.9. The summed E-state index contributed by atoms with van der Waals surface area (Å²) in [5.74, 6) is -1.11. The maximum atomic E-state index is 12.4. The zero-order valence-corrected chi connectivity index (χ0v) is 17.9. The molecule has 0 aliphatic rings. The standard InChI is InChI=1S/C22H22BrNO6/c1-14(25)15-7-10-17(11-8-15)24-22(29)30-20(5-3-2-4-6-21(27)28)18-13-16(23)9-12-19(18)26/h4,6-13,20,26H,2-3,5H2,1H3,(H,24,29)(H,27,28)/b6-4+/t20-/m1/s1. The minimum Gasteiger partial charge on any atom is -0.508 e. The molecule has 3 N–H and O–H groups in total. The Morgan fingerprint density at radius 3 is 2.50 bits per heavy atom. The molecule has 158 valence electrons.